The predicted molar refractivity (Wildman–Crippen MR) is 53.3 cm³/mol. The first-order valence-corrected chi connectivity index (χ1v) is 4.56. The van der Waals surface area contributed by atoms with Crippen LogP contribution in [0.5, 0.6) is 0 Å². The quantitative estimate of drug-likeness (QED) is 0.684. The van der Waals surface area contributed by atoms with Gasteiger partial charge in [-0.1, -0.05) is 23.6 Å². The molecule has 0 saturated heterocycles. The third-order valence-corrected chi connectivity index (χ3v) is 2.27. The molecule has 1 unspecified atom stereocenters. The highest BCUT2D eigenvalue weighted by Crippen LogP contribution is 2.21. The Morgan fingerprint density at radius 1 is 1.56 bits per heavy atom. The molecule has 1 rings (SSSR count). The Balaban J connectivity index is 2.72. The van der Waals surface area contributed by atoms with Crippen molar-refractivity contribution in [2.75, 3.05) is 0 Å². The fourth-order valence-corrected chi connectivity index (χ4v) is 1.31. The van der Waals surface area contributed by atoms with E-state index in [2.05, 4.69) is 5.92 Å². The number of hydrogen-bond donors (Lipinski definition) is 1. The maximum absolute atomic E-state index is 12.0. The van der Waals surface area contributed by atoms with Crippen molar-refractivity contribution in [3.8, 4) is 12.3 Å². The largest absolute Gasteiger partial charge is 0.471 e. The Bertz CT molecular complexity index is 398. The summed E-state index contributed by atoms with van der Waals surface area (Å²) in [5.41, 5.74) is 1.22. The molecule has 1 amide bonds. The molecule has 0 aromatic heterocycles. The van der Waals surface area contributed by atoms with Gasteiger partial charge in [0, 0.05) is 12.0 Å². The minimum atomic E-state index is -4.86. The van der Waals surface area contributed by atoms with Crippen LogP contribution in [0, 0.1) is 12.3 Å². The zero-order chi connectivity index (χ0) is 12.3. The third-order valence-electron chi connectivity index (χ3n) is 2.27. The summed E-state index contributed by atoms with van der Waals surface area (Å²) in [5, 5.41) is 1.90. The highest BCUT2D eigenvalue weighted by atomic mass is 19.4. The van der Waals surface area contributed by atoms with Crippen LogP contribution < -0.4 is 5.32 Å². The molecule has 1 atom stereocenters. The van der Waals surface area contributed by atoms with Crippen molar-refractivity contribution < 1.29 is 18.0 Å². The van der Waals surface area contributed by atoms with Crippen LogP contribution in [0.15, 0.2) is 23.3 Å². The molecular formula is C11H10F3NO. The topological polar surface area (TPSA) is 29.1 Å². The van der Waals surface area contributed by atoms with Crippen molar-refractivity contribution in [3.05, 3.63) is 23.3 Å². The summed E-state index contributed by atoms with van der Waals surface area (Å²) in [6.45, 7) is 1.64. The Kier molecular flexibility index (Phi) is 3.43. The summed E-state index contributed by atoms with van der Waals surface area (Å²) in [7, 11) is 0. The summed E-state index contributed by atoms with van der Waals surface area (Å²) in [4.78, 5) is 10.7. The maximum Gasteiger partial charge on any atom is 0.471 e. The van der Waals surface area contributed by atoms with Crippen molar-refractivity contribution in [2.45, 2.75) is 25.6 Å². The van der Waals surface area contributed by atoms with E-state index < -0.39 is 18.1 Å². The maximum atomic E-state index is 12.0. The minimum Gasteiger partial charge on any atom is -0.341 e. The molecule has 16 heavy (non-hydrogen) atoms. The van der Waals surface area contributed by atoms with Gasteiger partial charge in [0.25, 0.3) is 0 Å². The molecule has 1 aliphatic carbocycles. The number of rotatable bonds is 1. The number of nitrogens with one attached hydrogen (secondary N) is 1. The molecule has 0 aromatic rings. The normalized spacial score (nSPS) is 20.6. The van der Waals surface area contributed by atoms with Crippen LogP contribution in [0.3, 0.4) is 0 Å². The van der Waals surface area contributed by atoms with Crippen LogP contribution in [0.4, 0.5) is 13.2 Å². The molecule has 2 nitrogen and oxygen atoms in total. The summed E-state index contributed by atoms with van der Waals surface area (Å²) in [6, 6.07) is -0.676. The molecule has 0 heterocycles. The van der Waals surface area contributed by atoms with Crippen LogP contribution >= 0.6 is 0 Å². The third kappa shape index (κ3) is 2.89. The number of allylic oxidation sites excluding steroid dienone is 2. The van der Waals surface area contributed by atoms with Crippen molar-refractivity contribution >= 4 is 5.91 Å². The van der Waals surface area contributed by atoms with Gasteiger partial charge in [-0.15, -0.1) is 6.42 Å². The van der Waals surface area contributed by atoms with Gasteiger partial charge < -0.3 is 5.32 Å². The van der Waals surface area contributed by atoms with Gasteiger partial charge in [0.15, 0.2) is 0 Å². The number of carbonyl (C=O) groups is 1. The first-order valence-electron chi connectivity index (χ1n) is 4.56. The lowest BCUT2D eigenvalue weighted by atomic mass is 9.94. The standard InChI is InChI=1S/C11H10F3NO/c1-3-8-5-4-7(2)9(6-8)15-10(16)11(12,13)14/h1,4-5,9H,6H2,2H3,(H,15,16). The minimum absolute atomic E-state index is 0.223. The van der Waals surface area contributed by atoms with Crippen molar-refractivity contribution in [1.29, 1.82) is 0 Å². The van der Waals surface area contributed by atoms with Crippen molar-refractivity contribution in [2.24, 2.45) is 0 Å². The van der Waals surface area contributed by atoms with Crippen LogP contribution in [-0.2, 0) is 4.79 Å². The molecule has 0 bridgehead atoms. The van der Waals surface area contributed by atoms with Crippen molar-refractivity contribution in [1.82, 2.24) is 5.32 Å². The van der Waals surface area contributed by atoms with Crippen molar-refractivity contribution in [3.63, 3.8) is 0 Å². The molecular weight excluding hydrogens is 219 g/mol. The van der Waals surface area contributed by atoms with E-state index in [9.17, 15) is 18.0 Å². The van der Waals surface area contributed by atoms with Gasteiger partial charge in [0.05, 0.1) is 6.04 Å². The second kappa shape index (κ2) is 4.44. The van der Waals surface area contributed by atoms with Gasteiger partial charge in [-0.2, -0.15) is 13.2 Å². The molecule has 0 aromatic carbocycles. The Morgan fingerprint density at radius 3 is 2.69 bits per heavy atom. The van der Waals surface area contributed by atoms with Crippen LogP contribution in [0.2, 0.25) is 0 Å². The monoisotopic (exact) mass is 229 g/mol. The SMILES string of the molecule is C#CC1=CC=C(C)C(NC(=O)C(F)(F)F)C1. The highest BCUT2D eigenvalue weighted by molar-refractivity contribution is 5.82. The summed E-state index contributed by atoms with van der Waals surface area (Å²) < 4.78 is 36.1. The predicted octanol–water partition coefficient (Wildman–Crippen LogP) is 1.94. The molecule has 0 fully saturated rings. The van der Waals surface area contributed by atoms with Gasteiger partial charge >= 0.3 is 12.1 Å². The Hall–Kier alpha value is -1.70. The summed E-state index contributed by atoms with van der Waals surface area (Å²) in [6.07, 6.45) is 3.77. The second-order valence-corrected chi connectivity index (χ2v) is 3.47. The Labute approximate surface area is 91.2 Å². The number of hydrogen-bond acceptors (Lipinski definition) is 1. The average Bonchev–Trinajstić information content (AvgIpc) is 2.19. The second-order valence-electron chi connectivity index (χ2n) is 3.47. The van der Waals surface area contributed by atoms with E-state index in [-0.39, 0.29) is 6.42 Å². The molecule has 1 aliphatic rings. The fourth-order valence-electron chi connectivity index (χ4n) is 1.31. The number of alkyl halides is 3. The van der Waals surface area contributed by atoms with E-state index in [1.807, 2.05) is 5.32 Å². The molecule has 0 aliphatic heterocycles. The molecule has 0 radical (unpaired) electrons. The van der Waals surface area contributed by atoms with Gasteiger partial charge in [0.2, 0.25) is 0 Å². The molecule has 1 N–H and O–H groups in total. The van der Waals surface area contributed by atoms with Crippen LogP contribution in [0.1, 0.15) is 13.3 Å². The summed E-state index contributed by atoms with van der Waals surface area (Å²) in [5.74, 6) is 0.409. The lowest BCUT2D eigenvalue weighted by molar-refractivity contribution is -0.174. The van der Waals surface area contributed by atoms with E-state index in [0.29, 0.717) is 11.1 Å². The first-order chi connectivity index (χ1) is 7.34. The van der Waals surface area contributed by atoms with E-state index in [4.69, 9.17) is 6.42 Å². The van der Waals surface area contributed by atoms with Gasteiger partial charge in [-0.25, -0.2) is 0 Å². The zero-order valence-electron chi connectivity index (χ0n) is 8.56. The lowest BCUT2D eigenvalue weighted by Gasteiger charge is -2.22. The number of terminal acetylenes is 1. The van der Waals surface area contributed by atoms with E-state index in [1.165, 1.54) is 0 Å². The van der Waals surface area contributed by atoms with E-state index in [1.54, 1.807) is 19.1 Å². The first kappa shape index (κ1) is 12.4. The van der Waals surface area contributed by atoms with E-state index in [0.717, 1.165) is 0 Å². The molecule has 5 heteroatoms. The average molecular weight is 229 g/mol. The molecule has 0 saturated carbocycles. The van der Waals surface area contributed by atoms with Gasteiger partial charge in [0.1, 0.15) is 0 Å². The van der Waals surface area contributed by atoms with Gasteiger partial charge in [-0.3, -0.25) is 4.79 Å². The number of halogens is 3. The zero-order valence-corrected chi connectivity index (χ0v) is 8.56. The number of amides is 1. The van der Waals surface area contributed by atoms with E-state index >= 15 is 0 Å². The number of carbonyl (C=O) groups excluding carboxylic acids is 1. The molecule has 86 valence electrons. The Morgan fingerprint density at radius 2 is 2.19 bits per heavy atom. The summed E-state index contributed by atoms with van der Waals surface area (Å²) >= 11 is 0. The van der Waals surface area contributed by atoms with Gasteiger partial charge in [-0.05, 0) is 6.92 Å². The van der Waals surface area contributed by atoms with Crippen LogP contribution in [0.25, 0.3) is 0 Å². The lowest BCUT2D eigenvalue weighted by Crippen LogP contribution is -2.44. The smallest absolute Gasteiger partial charge is 0.341 e. The van der Waals surface area contributed by atoms with Crippen LogP contribution in [-0.4, -0.2) is 18.1 Å². The molecule has 0 spiro atoms. The fraction of sp³-hybridized carbons (Fsp3) is 0.364. The highest BCUT2D eigenvalue weighted by Gasteiger charge is 2.40.